The van der Waals surface area contributed by atoms with E-state index < -0.39 is 0 Å². The molecule has 0 radical (unpaired) electrons. The third-order valence-corrected chi connectivity index (χ3v) is 3.14. The van der Waals surface area contributed by atoms with Crippen molar-refractivity contribution in [3.8, 4) is 11.5 Å². The maximum atomic E-state index is 9.92. The lowest BCUT2D eigenvalue weighted by Gasteiger charge is -2.15. The second-order valence-corrected chi connectivity index (χ2v) is 4.79. The zero-order chi connectivity index (χ0) is 14.5. The van der Waals surface area contributed by atoms with Crippen LogP contribution in [0, 0.1) is 0 Å². The molecule has 0 amide bonds. The van der Waals surface area contributed by atoms with Gasteiger partial charge in [-0.1, -0.05) is 6.07 Å². The molecule has 0 bridgehead atoms. The molecule has 0 saturated carbocycles. The van der Waals surface area contributed by atoms with Gasteiger partial charge in [-0.3, -0.25) is 0 Å². The monoisotopic (exact) mass is 272 g/mol. The average Bonchev–Trinajstić information content (AvgIpc) is 2.46. The van der Waals surface area contributed by atoms with Crippen molar-refractivity contribution in [1.82, 2.24) is 0 Å². The van der Waals surface area contributed by atoms with Crippen LogP contribution in [-0.4, -0.2) is 26.3 Å². The maximum Gasteiger partial charge on any atom is 0.124 e. The molecule has 2 aromatic carbocycles. The molecule has 0 unspecified atom stereocenters. The first kappa shape index (κ1) is 14.1. The average molecular weight is 272 g/mol. The fraction of sp³-hybridized carbons (Fsp3) is 0.250. The summed E-state index contributed by atoms with van der Waals surface area (Å²) in [5.74, 6) is 0.890. The van der Waals surface area contributed by atoms with Crippen LogP contribution in [0.3, 0.4) is 0 Å². The Balaban J connectivity index is 2.07. The molecule has 0 atom stereocenters. The third kappa shape index (κ3) is 3.35. The highest BCUT2D eigenvalue weighted by atomic mass is 16.5. The van der Waals surface area contributed by atoms with Gasteiger partial charge in [0.1, 0.15) is 11.5 Å². The summed E-state index contributed by atoms with van der Waals surface area (Å²) in [6.45, 7) is 0.562. The fourth-order valence-electron chi connectivity index (χ4n) is 1.91. The van der Waals surface area contributed by atoms with E-state index in [0.29, 0.717) is 12.3 Å². The molecule has 0 aliphatic heterocycles. The van der Waals surface area contributed by atoms with Gasteiger partial charge in [0.25, 0.3) is 0 Å². The molecular weight excluding hydrogens is 252 g/mol. The first-order valence-electron chi connectivity index (χ1n) is 6.47. The lowest BCUT2D eigenvalue weighted by Crippen LogP contribution is -2.09. The zero-order valence-electron chi connectivity index (χ0n) is 12.1. The molecule has 0 saturated heterocycles. The van der Waals surface area contributed by atoms with E-state index in [1.54, 1.807) is 13.2 Å². The topological polar surface area (TPSA) is 44.7 Å². The van der Waals surface area contributed by atoms with Gasteiger partial charge in [-0.25, -0.2) is 0 Å². The standard InChI is InChI=1S/C16H20N2O2/c1-18(2)14-6-4-5-13(9-14)17-11-12-7-8-15(20-3)10-16(12)19/h4-10,17,19H,11H2,1-3H3. The van der Waals surface area contributed by atoms with Crippen LogP contribution in [0.1, 0.15) is 5.56 Å². The van der Waals surface area contributed by atoms with E-state index in [9.17, 15) is 5.11 Å². The summed E-state index contributed by atoms with van der Waals surface area (Å²) in [5.41, 5.74) is 2.99. The summed E-state index contributed by atoms with van der Waals surface area (Å²) in [5, 5.41) is 13.2. The lowest BCUT2D eigenvalue weighted by atomic mass is 10.2. The smallest absolute Gasteiger partial charge is 0.124 e. The maximum absolute atomic E-state index is 9.92. The van der Waals surface area contributed by atoms with Crippen LogP contribution in [0.4, 0.5) is 11.4 Å². The van der Waals surface area contributed by atoms with E-state index in [4.69, 9.17) is 4.74 Å². The number of aromatic hydroxyl groups is 1. The number of nitrogens with one attached hydrogen (secondary N) is 1. The number of phenols is 1. The molecule has 2 aromatic rings. The molecule has 0 fully saturated rings. The number of methoxy groups -OCH3 is 1. The number of benzene rings is 2. The van der Waals surface area contributed by atoms with Gasteiger partial charge < -0.3 is 20.1 Å². The Kier molecular flexibility index (Phi) is 4.35. The minimum absolute atomic E-state index is 0.237. The number of rotatable bonds is 5. The third-order valence-electron chi connectivity index (χ3n) is 3.14. The normalized spacial score (nSPS) is 10.2. The second-order valence-electron chi connectivity index (χ2n) is 4.79. The highest BCUT2D eigenvalue weighted by Gasteiger charge is 2.03. The van der Waals surface area contributed by atoms with Crippen molar-refractivity contribution in [3.63, 3.8) is 0 Å². The molecule has 0 aromatic heterocycles. The number of anilines is 2. The van der Waals surface area contributed by atoms with Gasteiger partial charge in [-0.05, 0) is 30.3 Å². The van der Waals surface area contributed by atoms with Crippen LogP contribution in [0.2, 0.25) is 0 Å². The van der Waals surface area contributed by atoms with Gasteiger partial charge in [0, 0.05) is 43.6 Å². The van der Waals surface area contributed by atoms with Crippen molar-refractivity contribution in [2.45, 2.75) is 6.54 Å². The van der Waals surface area contributed by atoms with Crippen LogP contribution in [0.15, 0.2) is 42.5 Å². The van der Waals surface area contributed by atoms with Gasteiger partial charge in [-0.2, -0.15) is 0 Å². The Labute approximate surface area is 119 Å². The molecule has 2 N–H and O–H groups in total. The highest BCUT2D eigenvalue weighted by Crippen LogP contribution is 2.25. The summed E-state index contributed by atoms with van der Waals surface area (Å²) in [6, 6.07) is 13.5. The van der Waals surface area contributed by atoms with E-state index >= 15 is 0 Å². The van der Waals surface area contributed by atoms with Gasteiger partial charge in [0.05, 0.1) is 7.11 Å². The predicted octanol–water partition coefficient (Wildman–Crippen LogP) is 3.08. The van der Waals surface area contributed by atoms with Crippen LogP contribution < -0.4 is 15.0 Å². The van der Waals surface area contributed by atoms with E-state index in [0.717, 1.165) is 16.9 Å². The fourth-order valence-corrected chi connectivity index (χ4v) is 1.91. The number of ether oxygens (including phenoxy) is 1. The Morgan fingerprint density at radius 2 is 1.95 bits per heavy atom. The molecule has 0 spiro atoms. The molecule has 0 aliphatic carbocycles. The highest BCUT2D eigenvalue weighted by molar-refractivity contribution is 5.57. The van der Waals surface area contributed by atoms with Crippen LogP contribution in [0.5, 0.6) is 11.5 Å². The van der Waals surface area contributed by atoms with Crippen molar-refractivity contribution < 1.29 is 9.84 Å². The van der Waals surface area contributed by atoms with Gasteiger partial charge in [-0.15, -0.1) is 0 Å². The van der Waals surface area contributed by atoms with Crippen molar-refractivity contribution >= 4 is 11.4 Å². The number of hydrogen-bond acceptors (Lipinski definition) is 4. The number of hydrogen-bond donors (Lipinski definition) is 2. The van der Waals surface area contributed by atoms with E-state index in [-0.39, 0.29) is 5.75 Å². The van der Waals surface area contributed by atoms with Crippen LogP contribution in [0.25, 0.3) is 0 Å². The van der Waals surface area contributed by atoms with Gasteiger partial charge in [0.2, 0.25) is 0 Å². The first-order chi connectivity index (χ1) is 9.60. The second kappa shape index (κ2) is 6.19. The molecule has 20 heavy (non-hydrogen) atoms. The van der Waals surface area contributed by atoms with Crippen molar-refractivity contribution in [2.75, 3.05) is 31.4 Å². The molecule has 106 valence electrons. The number of phenolic OH excluding ortho intramolecular Hbond substituents is 1. The Bertz CT molecular complexity index is 582. The van der Waals surface area contributed by atoms with Gasteiger partial charge >= 0.3 is 0 Å². The first-order valence-corrected chi connectivity index (χ1v) is 6.47. The minimum Gasteiger partial charge on any atom is -0.507 e. The molecule has 0 aliphatic rings. The molecule has 0 heterocycles. The summed E-state index contributed by atoms with van der Waals surface area (Å²) in [7, 11) is 5.60. The lowest BCUT2D eigenvalue weighted by molar-refractivity contribution is 0.406. The summed E-state index contributed by atoms with van der Waals surface area (Å²) in [4.78, 5) is 2.05. The molecular formula is C16H20N2O2. The summed E-state index contributed by atoms with van der Waals surface area (Å²) in [6.07, 6.45) is 0. The Hall–Kier alpha value is -2.36. The minimum atomic E-state index is 0.237. The largest absolute Gasteiger partial charge is 0.507 e. The predicted molar refractivity (Wildman–Crippen MR) is 82.8 cm³/mol. The van der Waals surface area contributed by atoms with Crippen molar-refractivity contribution in [2.24, 2.45) is 0 Å². The summed E-state index contributed by atoms with van der Waals surface area (Å²) >= 11 is 0. The Morgan fingerprint density at radius 3 is 2.60 bits per heavy atom. The van der Waals surface area contributed by atoms with Gasteiger partial charge in [0.15, 0.2) is 0 Å². The SMILES string of the molecule is COc1ccc(CNc2cccc(N(C)C)c2)c(O)c1. The van der Waals surface area contributed by atoms with E-state index in [1.807, 2.05) is 38.4 Å². The number of nitrogens with zero attached hydrogens (tertiary/aromatic N) is 1. The Morgan fingerprint density at radius 1 is 1.15 bits per heavy atom. The molecule has 4 nitrogen and oxygen atoms in total. The zero-order valence-corrected chi connectivity index (χ0v) is 12.1. The molecule has 4 heteroatoms. The van der Waals surface area contributed by atoms with Crippen molar-refractivity contribution in [1.29, 1.82) is 0 Å². The van der Waals surface area contributed by atoms with E-state index in [1.165, 1.54) is 0 Å². The summed E-state index contributed by atoms with van der Waals surface area (Å²) < 4.78 is 5.07. The quantitative estimate of drug-likeness (QED) is 0.878. The van der Waals surface area contributed by atoms with Crippen LogP contribution >= 0.6 is 0 Å². The van der Waals surface area contributed by atoms with Crippen LogP contribution in [-0.2, 0) is 6.54 Å². The van der Waals surface area contributed by atoms with Crippen molar-refractivity contribution in [3.05, 3.63) is 48.0 Å². The van der Waals surface area contributed by atoms with E-state index in [2.05, 4.69) is 22.3 Å². The molecule has 2 rings (SSSR count).